The molecular weight excluding hydrogens is 282 g/mol. The van der Waals surface area contributed by atoms with Gasteiger partial charge in [-0.2, -0.15) is 0 Å². The lowest BCUT2D eigenvalue weighted by molar-refractivity contribution is 0.0927. The van der Waals surface area contributed by atoms with E-state index in [0.717, 1.165) is 12.8 Å². The van der Waals surface area contributed by atoms with Gasteiger partial charge in [-0.25, -0.2) is 0 Å². The van der Waals surface area contributed by atoms with Crippen molar-refractivity contribution in [2.45, 2.75) is 38.1 Å². The van der Waals surface area contributed by atoms with E-state index in [1.807, 2.05) is 0 Å². The SMILES string of the molecule is O=C(NC1CCCCC1)c1ccc(Br)c(O)c1. The zero-order valence-electron chi connectivity index (χ0n) is 9.58. The summed E-state index contributed by atoms with van der Waals surface area (Å²) in [6.07, 6.45) is 5.78. The van der Waals surface area contributed by atoms with Crippen LogP contribution in [-0.2, 0) is 0 Å². The standard InChI is InChI=1S/C13H16BrNO2/c14-11-7-6-9(8-12(11)16)13(17)15-10-4-2-1-3-5-10/h6-8,10,16H,1-5H2,(H,15,17). The molecule has 0 radical (unpaired) electrons. The molecule has 1 aliphatic rings. The minimum Gasteiger partial charge on any atom is -0.507 e. The summed E-state index contributed by atoms with van der Waals surface area (Å²) in [6.45, 7) is 0. The number of hydrogen-bond donors (Lipinski definition) is 2. The maximum Gasteiger partial charge on any atom is 0.251 e. The van der Waals surface area contributed by atoms with Crippen molar-refractivity contribution >= 4 is 21.8 Å². The summed E-state index contributed by atoms with van der Waals surface area (Å²) in [5.41, 5.74) is 0.510. The molecule has 1 aromatic rings. The third kappa shape index (κ3) is 3.22. The van der Waals surface area contributed by atoms with Crippen molar-refractivity contribution in [2.75, 3.05) is 0 Å². The van der Waals surface area contributed by atoms with Crippen LogP contribution < -0.4 is 5.32 Å². The molecule has 1 saturated carbocycles. The van der Waals surface area contributed by atoms with Crippen LogP contribution in [-0.4, -0.2) is 17.1 Å². The Morgan fingerprint density at radius 1 is 1.29 bits per heavy atom. The van der Waals surface area contributed by atoms with E-state index in [1.165, 1.54) is 25.3 Å². The second-order valence-electron chi connectivity index (χ2n) is 4.47. The molecule has 92 valence electrons. The van der Waals surface area contributed by atoms with E-state index >= 15 is 0 Å². The first kappa shape index (κ1) is 12.4. The van der Waals surface area contributed by atoms with Crippen LogP contribution in [0.1, 0.15) is 42.5 Å². The van der Waals surface area contributed by atoms with Gasteiger partial charge in [-0.15, -0.1) is 0 Å². The fourth-order valence-electron chi connectivity index (χ4n) is 2.17. The van der Waals surface area contributed by atoms with Gasteiger partial charge in [-0.3, -0.25) is 4.79 Å². The van der Waals surface area contributed by atoms with Crippen LogP contribution in [0.4, 0.5) is 0 Å². The Morgan fingerprint density at radius 2 is 2.00 bits per heavy atom. The molecule has 0 aliphatic heterocycles. The monoisotopic (exact) mass is 297 g/mol. The van der Waals surface area contributed by atoms with Crippen LogP contribution in [0.2, 0.25) is 0 Å². The van der Waals surface area contributed by atoms with E-state index in [-0.39, 0.29) is 11.7 Å². The van der Waals surface area contributed by atoms with Crippen molar-refractivity contribution in [3.63, 3.8) is 0 Å². The minimum atomic E-state index is -0.0975. The number of benzene rings is 1. The number of halogens is 1. The maximum absolute atomic E-state index is 11.9. The average molecular weight is 298 g/mol. The molecule has 17 heavy (non-hydrogen) atoms. The fourth-order valence-corrected chi connectivity index (χ4v) is 2.42. The van der Waals surface area contributed by atoms with Crippen molar-refractivity contribution < 1.29 is 9.90 Å². The van der Waals surface area contributed by atoms with E-state index in [9.17, 15) is 9.90 Å². The highest BCUT2D eigenvalue weighted by atomic mass is 79.9. The van der Waals surface area contributed by atoms with Gasteiger partial charge in [0.15, 0.2) is 0 Å². The predicted molar refractivity (Wildman–Crippen MR) is 70.1 cm³/mol. The molecular formula is C13H16BrNO2. The van der Waals surface area contributed by atoms with Crippen LogP contribution in [0.15, 0.2) is 22.7 Å². The Bertz CT molecular complexity index is 414. The zero-order chi connectivity index (χ0) is 12.3. The van der Waals surface area contributed by atoms with Crippen LogP contribution >= 0.6 is 15.9 Å². The molecule has 0 unspecified atom stereocenters. The highest BCUT2D eigenvalue weighted by Crippen LogP contribution is 2.24. The Kier molecular flexibility index (Phi) is 4.05. The number of carbonyl (C=O) groups is 1. The van der Waals surface area contributed by atoms with Crippen molar-refractivity contribution in [2.24, 2.45) is 0 Å². The second-order valence-corrected chi connectivity index (χ2v) is 5.33. The van der Waals surface area contributed by atoms with E-state index in [2.05, 4.69) is 21.2 Å². The highest BCUT2D eigenvalue weighted by molar-refractivity contribution is 9.10. The Hall–Kier alpha value is -1.03. The first-order chi connectivity index (χ1) is 8.16. The minimum absolute atomic E-state index is 0.0975. The van der Waals surface area contributed by atoms with E-state index in [0.29, 0.717) is 16.1 Å². The van der Waals surface area contributed by atoms with Gasteiger partial charge in [0.25, 0.3) is 5.91 Å². The second kappa shape index (κ2) is 5.54. The third-order valence-corrected chi connectivity index (χ3v) is 3.82. The number of phenols is 1. The molecule has 0 saturated heterocycles. The molecule has 0 spiro atoms. The first-order valence-corrected chi connectivity index (χ1v) is 6.75. The predicted octanol–water partition coefficient (Wildman–Crippen LogP) is 3.22. The van der Waals surface area contributed by atoms with Crippen LogP contribution in [0.5, 0.6) is 5.75 Å². The van der Waals surface area contributed by atoms with E-state index < -0.39 is 0 Å². The van der Waals surface area contributed by atoms with Crippen LogP contribution in [0.3, 0.4) is 0 Å². The lowest BCUT2D eigenvalue weighted by Gasteiger charge is -2.22. The summed E-state index contributed by atoms with van der Waals surface area (Å²) in [5, 5.41) is 12.5. The summed E-state index contributed by atoms with van der Waals surface area (Å²) in [7, 11) is 0. The van der Waals surface area contributed by atoms with Crippen LogP contribution in [0.25, 0.3) is 0 Å². The van der Waals surface area contributed by atoms with Gasteiger partial charge in [0, 0.05) is 11.6 Å². The van der Waals surface area contributed by atoms with Gasteiger partial charge in [-0.05, 0) is 47.0 Å². The maximum atomic E-state index is 11.9. The molecule has 4 heteroatoms. The highest BCUT2D eigenvalue weighted by Gasteiger charge is 2.17. The zero-order valence-corrected chi connectivity index (χ0v) is 11.2. The number of nitrogens with one attached hydrogen (secondary N) is 1. The smallest absolute Gasteiger partial charge is 0.251 e. The topological polar surface area (TPSA) is 49.3 Å². The number of carbonyl (C=O) groups excluding carboxylic acids is 1. The summed E-state index contributed by atoms with van der Waals surface area (Å²) < 4.78 is 0.603. The number of aromatic hydroxyl groups is 1. The van der Waals surface area contributed by atoms with Crippen molar-refractivity contribution in [1.29, 1.82) is 0 Å². The molecule has 1 fully saturated rings. The Morgan fingerprint density at radius 3 is 2.65 bits per heavy atom. The number of phenolic OH excluding ortho intramolecular Hbond substituents is 1. The van der Waals surface area contributed by atoms with Gasteiger partial charge >= 0.3 is 0 Å². The molecule has 1 aliphatic carbocycles. The first-order valence-electron chi connectivity index (χ1n) is 5.96. The third-order valence-electron chi connectivity index (χ3n) is 3.15. The summed E-state index contributed by atoms with van der Waals surface area (Å²) in [5.74, 6) is 0.000921. The molecule has 0 heterocycles. The molecule has 3 nitrogen and oxygen atoms in total. The molecule has 1 aromatic carbocycles. The summed E-state index contributed by atoms with van der Waals surface area (Å²) in [4.78, 5) is 11.9. The normalized spacial score (nSPS) is 16.8. The van der Waals surface area contributed by atoms with Crippen molar-refractivity contribution in [3.05, 3.63) is 28.2 Å². The van der Waals surface area contributed by atoms with Gasteiger partial charge in [0.2, 0.25) is 0 Å². The molecule has 0 aromatic heterocycles. The largest absolute Gasteiger partial charge is 0.507 e. The molecule has 2 N–H and O–H groups in total. The summed E-state index contributed by atoms with van der Waals surface area (Å²) in [6, 6.07) is 5.18. The van der Waals surface area contributed by atoms with E-state index in [4.69, 9.17) is 0 Å². The van der Waals surface area contributed by atoms with Crippen LogP contribution in [0, 0.1) is 0 Å². The fraction of sp³-hybridized carbons (Fsp3) is 0.462. The molecule has 0 atom stereocenters. The average Bonchev–Trinajstić information content (AvgIpc) is 2.34. The Labute approximate surface area is 109 Å². The lowest BCUT2D eigenvalue weighted by atomic mass is 9.95. The summed E-state index contributed by atoms with van der Waals surface area (Å²) >= 11 is 3.20. The van der Waals surface area contributed by atoms with Gasteiger partial charge in [0.1, 0.15) is 5.75 Å². The number of rotatable bonds is 2. The van der Waals surface area contributed by atoms with Gasteiger partial charge in [-0.1, -0.05) is 19.3 Å². The van der Waals surface area contributed by atoms with Crippen molar-refractivity contribution in [3.8, 4) is 5.75 Å². The van der Waals surface area contributed by atoms with E-state index in [1.54, 1.807) is 12.1 Å². The quantitative estimate of drug-likeness (QED) is 0.880. The molecule has 0 bridgehead atoms. The Balaban J connectivity index is 2.01. The van der Waals surface area contributed by atoms with Gasteiger partial charge < -0.3 is 10.4 Å². The number of amides is 1. The molecule has 1 amide bonds. The molecule has 2 rings (SSSR count). The number of hydrogen-bond acceptors (Lipinski definition) is 2. The lowest BCUT2D eigenvalue weighted by Crippen LogP contribution is -2.36. The van der Waals surface area contributed by atoms with Gasteiger partial charge in [0.05, 0.1) is 4.47 Å². The van der Waals surface area contributed by atoms with Crippen molar-refractivity contribution in [1.82, 2.24) is 5.32 Å².